The van der Waals surface area contributed by atoms with E-state index in [1.165, 1.54) is 6.20 Å². The summed E-state index contributed by atoms with van der Waals surface area (Å²) in [6.07, 6.45) is -1.34. The quantitative estimate of drug-likeness (QED) is 0.888. The molecule has 0 amide bonds. The molecule has 2 N–H and O–H groups in total. The molecule has 1 aromatic heterocycles. The largest absolute Gasteiger partial charge is 0.416 e. The first-order chi connectivity index (χ1) is 8.39. The van der Waals surface area contributed by atoms with E-state index >= 15 is 0 Å². The van der Waals surface area contributed by atoms with Crippen molar-refractivity contribution < 1.29 is 17.9 Å². The number of hydrogen-bond acceptors (Lipinski definition) is 3. The number of nitrogens with two attached hydrogens (primary N) is 1. The Morgan fingerprint density at radius 2 is 2.22 bits per heavy atom. The van der Waals surface area contributed by atoms with Crippen LogP contribution in [-0.2, 0) is 10.9 Å². The van der Waals surface area contributed by atoms with Crippen molar-refractivity contribution in [3.05, 3.63) is 29.6 Å². The van der Waals surface area contributed by atoms with Gasteiger partial charge in [-0.25, -0.2) is 0 Å². The lowest BCUT2D eigenvalue weighted by molar-refractivity contribution is -0.138. The van der Waals surface area contributed by atoms with Crippen LogP contribution in [0.3, 0.4) is 0 Å². The fourth-order valence-electron chi connectivity index (χ4n) is 2.28. The molecule has 0 aromatic carbocycles. The number of halogens is 3. The van der Waals surface area contributed by atoms with Crippen LogP contribution in [0.25, 0.3) is 0 Å². The molecule has 0 bridgehead atoms. The first-order valence-electron chi connectivity index (χ1n) is 5.78. The molecule has 1 aliphatic rings. The van der Waals surface area contributed by atoms with Crippen molar-refractivity contribution in [2.45, 2.75) is 31.7 Å². The van der Waals surface area contributed by atoms with Gasteiger partial charge in [-0.15, -0.1) is 0 Å². The van der Waals surface area contributed by atoms with Crippen LogP contribution in [0.15, 0.2) is 18.5 Å². The second kappa shape index (κ2) is 4.85. The Hall–Kier alpha value is -1.14. The van der Waals surface area contributed by atoms with E-state index in [1.54, 1.807) is 0 Å². The molecule has 2 rings (SSSR count). The molecule has 0 spiro atoms. The molecular weight excluding hydrogens is 245 g/mol. The van der Waals surface area contributed by atoms with Crippen LogP contribution in [0, 0.1) is 5.92 Å². The van der Waals surface area contributed by atoms with Crippen molar-refractivity contribution in [3.8, 4) is 0 Å². The highest BCUT2D eigenvalue weighted by Crippen LogP contribution is 2.37. The highest BCUT2D eigenvalue weighted by molar-refractivity contribution is 5.29. The van der Waals surface area contributed by atoms with Crippen LogP contribution in [-0.4, -0.2) is 17.7 Å². The standard InChI is InChI=1S/C12H15F3N2O/c1-7-4-8(6-18-7)11(16)9-5-17-3-2-10(9)12(13,14)15/h2-3,5,7-8,11H,4,6,16H2,1H3. The highest BCUT2D eigenvalue weighted by atomic mass is 19.4. The van der Waals surface area contributed by atoms with Gasteiger partial charge in [0, 0.05) is 24.4 Å². The average molecular weight is 260 g/mol. The van der Waals surface area contributed by atoms with E-state index in [1.807, 2.05) is 6.92 Å². The third kappa shape index (κ3) is 2.64. The Bertz CT molecular complexity index is 422. The molecule has 1 aromatic rings. The predicted octanol–water partition coefficient (Wildman–Crippen LogP) is 2.53. The summed E-state index contributed by atoms with van der Waals surface area (Å²) in [7, 11) is 0. The van der Waals surface area contributed by atoms with Crippen molar-refractivity contribution >= 4 is 0 Å². The molecule has 3 nitrogen and oxygen atoms in total. The molecule has 3 unspecified atom stereocenters. The first kappa shape index (κ1) is 13.3. The van der Waals surface area contributed by atoms with E-state index < -0.39 is 17.8 Å². The summed E-state index contributed by atoms with van der Waals surface area (Å²) in [6.45, 7) is 2.29. The second-order valence-electron chi connectivity index (χ2n) is 4.63. The zero-order valence-electron chi connectivity index (χ0n) is 9.95. The van der Waals surface area contributed by atoms with Crippen LogP contribution in [0.2, 0.25) is 0 Å². The molecule has 18 heavy (non-hydrogen) atoms. The van der Waals surface area contributed by atoms with Crippen molar-refractivity contribution in [1.82, 2.24) is 4.98 Å². The molecule has 1 aliphatic heterocycles. The SMILES string of the molecule is CC1CC(C(N)c2cnccc2C(F)(F)F)CO1. The Labute approximate surface area is 103 Å². The summed E-state index contributed by atoms with van der Waals surface area (Å²) in [4.78, 5) is 3.75. The maximum atomic E-state index is 12.9. The van der Waals surface area contributed by atoms with Gasteiger partial charge in [-0.2, -0.15) is 13.2 Å². The minimum absolute atomic E-state index is 0.0482. The Morgan fingerprint density at radius 1 is 1.50 bits per heavy atom. The average Bonchev–Trinajstić information content (AvgIpc) is 2.74. The Kier molecular flexibility index (Phi) is 3.59. The molecular formula is C12H15F3N2O. The molecule has 1 saturated heterocycles. The van der Waals surface area contributed by atoms with Crippen LogP contribution < -0.4 is 5.73 Å². The van der Waals surface area contributed by atoms with Crippen LogP contribution >= 0.6 is 0 Å². The van der Waals surface area contributed by atoms with Gasteiger partial charge in [-0.1, -0.05) is 0 Å². The van der Waals surface area contributed by atoms with Crippen LogP contribution in [0.5, 0.6) is 0 Å². The van der Waals surface area contributed by atoms with E-state index in [-0.39, 0.29) is 17.6 Å². The molecule has 3 atom stereocenters. The molecule has 0 saturated carbocycles. The molecule has 1 fully saturated rings. The third-order valence-electron chi connectivity index (χ3n) is 3.25. The number of rotatable bonds is 2. The molecule has 0 aliphatic carbocycles. The Morgan fingerprint density at radius 3 is 2.78 bits per heavy atom. The van der Waals surface area contributed by atoms with Crippen LogP contribution in [0.4, 0.5) is 13.2 Å². The monoisotopic (exact) mass is 260 g/mol. The van der Waals surface area contributed by atoms with Gasteiger partial charge in [0.15, 0.2) is 0 Å². The fourth-order valence-corrected chi connectivity index (χ4v) is 2.28. The van der Waals surface area contributed by atoms with Gasteiger partial charge in [-0.3, -0.25) is 4.98 Å². The van der Waals surface area contributed by atoms with Gasteiger partial charge in [-0.05, 0) is 25.0 Å². The number of ether oxygens (including phenoxy) is 1. The molecule has 6 heteroatoms. The first-order valence-corrected chi connectivity index (χ1v) is 5.78. The summed E-state index contributed by atoms with van der Waals surface area (Å²) < 4.78 is 43.9. The number of alkyl halides is 3. The second-order valence-corrected chi connectivity index (χ2v) is 4.63. The molecule has 2 heterocycles. The zero-order chi connectivity index (χ0) is 13.3. The number of hydrogen-bond donors (Lipinski definition) is 1. The van der Waals surface area contributed by atoms with E-state index in [4.69, 9.17) is 10.5 Å². The number of nitrogens with zero attached hydrogens (tertiary/aromatic N) is 1. The van der Waals surface area contributed by atoms with Crippen molar-refractivity contribution in [2.75, 3.05) is 6.61 Å². The normalized spacial score (nSPS) is 26.3. The summed E-state index contributed by atoms with van der Waals surface area (Å²) in [5, 5.41) is 0. The predicted molar refractivity (Wildman–Crippen MR) is 59.7 cm³/mol. The number of aromatic nitrogens is 1. The van der Waals surface area contributed by atoms with E-state index in [9.17, 15) is 13.2 Å². The summed E-state index contributed by atoms with van der Waals surface area (Å²) >= 11 is 0. The Balaban J connectivity index is 2.28. The van der Waals surface area contributed by atoms with Crippen molar-refractivity contribution in [2.24, 2.45) is 11.7 Å². The topological polar surface area (TPSA) is 48.1 Å². The minimum atomic E-state index is -4.40. The molecule has 100 valence electrons. The van der Waals surface area contributed by atoms with Gasteiger partial charge in [0.05, 0.1) is 18.3 Å². The smallest absolute Gasteiger partial charge is 0.378 e. The maximum Gasteiger partial charge on any atom is 0.416 e. The van der Waals surface area contributed by atoms with Crippen molar-refractivity contribution in [1.29, 1.82) is 0 Å². The van der Waals surface area contributed by atoms with Crippen molar-refractivity contribution in [3.63, 3.8) is 0 Å². The minimum Gasteiger partial charge on any atom is -0.378 e. The number of pyridine rings is 1. The summed E-state index contributed by atoms with van der Waals surface area (Å²) in [6, 6.07) is 0.273. The molecule has 0 radical (unpaired) electrons. The lowest BCUT2D eigenvalue weighted by Gasteiger charge is -2.21. The fraction of sp³-hybridized carbons (Fsp3) is 0.583. The lowest BCUT2D eigenvalue weighted by atomic mass is 9.90. The van der Waals surface area contributed by atoms with E-state index in [0.717, 1.165) is 12.3 Å². The highest BCUT2D eigenvalue weighted by Gasteiger charge is 2.37. The van der Waals surface area contributed by atoms with Gasteiger partial charge < -0.3 is 10.5 Å². The van der Waals surface area contributed by atoms with Gasteiger partial charge in [0.2, 0.25) is 0 Å². The van der Waals surface area contributed by atoms with E-state index in [0.29, 0.717) is 13.0 Å². The van der Waals surface area contributed by atoms with Gasteiger partial charge >= 0.3 is 6.18 Å². The van der Waals surface area contributed by atoms with Crippen LogP contribution in [0.1, 0.15) is 30.5 Å². The maximum absolute atomic E-state index is 12.9. The summed E-state index contributed by atoms with van der Waals surface area (Å²) in [5.41, 5.74) is 5.28. The van der Waals surface area contributed by atoms with Gasteiger partial charge in [0.1, 0.15) is 0 Å². The lowest BCUT2D eigenvalue weighted by Crippen LogP contribution is -2.25. The zero-order valence-corrected chi connectivity index (χ0v) is 9.95. The summed E-state index contributed by atoms with van der Waals surface area (Å²) in [5.74, 6) is -0.0923. The van der Waals surface area contributed by atoms with E-state index in [2.05, 4.69) is 4.98 Å². The van der Waals surface area contributed by atoms with Gasteiger partial charge in [0.25, 0.3) is 0 Å². The third-order valence-corrected chi connectivity index (χ3v) is 3.25.